The third kappa shape index (κ3) is 1.98. The van der Waals surface area contributed by atoms with E-state index in [2.05, 4.69) is 9.72 Å². The van der Waals surface area contributed by atoms with Crippen molar-refractivity contribution in [2.75, 3.05) is 7.11 Å². The van der Waals surface area contributed by atoms with Gasteiger partial charge in [0.15, 0.2) is 17.4 Å². The molecule has 1 aromatic rings. The summed E-state index contributed by atoms with van der Waals surface area (Å²) in [7, 11) is 0.981. The maximum absolute atomic E-state index is 13.4. The number of rotatable bonds is 2. The number of halogens is 2. The van der Waals surface area contributed by atoms with Crippen molar-refractivity contribution in [2.24, 2.45) is 0 Å². The average molecular weight is 215 g/mol. The van der Waals surface area contributed by atoms with Crippen molar-refractivity contribution in [3.05, 3.63) is 29.1 Å². The molecule has 0 aliphatic carbocycles. The Morgan fingerprint density at radius 2 is 2.00 bits per heavy atom. The van der Waals surface area contributed by atoms with Gasteiger partial charge in [-0.05, 0) is 0 Å². The van der Waals surface area contributed by atoms with E-state index in [1.54, 1.807) is 0 Å². The summed E-state index contributed by atoms with van der Waals surface area (Å²) in [6.45, 7) is 1.06. The summed E-state index contributed by atoms with van der Waals surface area (Å²) in [6.07, 6.45) is 0.603. The molecule has 0 bridgehead atoms. The molecule has 0 atom stereocenters. The number of ether oxygens (including phenoxy) is 1. The molecule has 0 spiro atoms. The smallest absolute Gasteiger partial charge is 0.344 e. The summed E-state index contributed by atoms with van der Waals surface area (Å²) in [6, 6.07) is 0. The summed E-state index contributed by atoms with van der Waals surface area (Å²) >= 11 is 0. The number of hydrogen-bond donors (Lipinski definition) is 0. The lowest BCUT2D eigenvalue weighted by Gasteiger charge is -2.04. The van der Waals surface area contributed by atoms with Gasteiger partial charge in [-0.1, -0.05) is 0 Å². The number of carbonyl (C=O) groups excluding carboxylic acids is 2. The molecule has 6 heteroatoms. The molecule has 4 nitrogen and oxygen atoms in total. The first-order chi connectivity index (χ1) is 6.99. The zero-order valence-corrected chi connectivity index (χ0v) is 8.01. The van der Waals surface area contributed by atoms with Crippen LogP contribution in [0.1, 0.15) is 27.8 Å². The van der Waals surface area contributed by atoms with E-state index in [1.165, 1.54) is 0 Å². The van der Waals surface area contributed by atoms with Crippen LogP contribution in [-0.4, -0.2) is 23.8 Å². The fraction of sp³-hybridized carbons (Fsp3) is 0.222. The molecule has 1 rings (SSSR count). The Hall–Kier alpha value is -1.85. The lowest BCUT2D eigenvalue weighted by Crippen LogP contribution is -2.13. The minimum absolute atomic E-state index is 0.586. The Balaban J connectivity index is 3.43. The van der Waals surface area contributed by atoms with E-state index in [1.807, 2.05) is 0 Å². The zero-order chi connectivity index (χ0) is 11.6. The van der Waals surface area contributed by atoms with Gasteiger partial charge >= 0.3 is 5.97 Å². The first kappa shape index (κ1) is 11.2. The number of methoxy groups -OCH3 is 1. The Labute approximate surface area is 83.9 Å². The van der Waals surface area contributed by atoms with E-state index in [0.717, 1.165) is 14.0 Å². The Morgan fingerprint density at radius 1 is 1.40 bits per heavy atom. The van der Waals surface area contributed by atoms with Crippen LogP contribution < -0.4 is 0 Å². The van der Waals surface area contributed by atoms with Crippen LogP contribution in [0.2, 0.25) is 0 Å². The largest absolute Gasteiger partial charge is 0.465 e. The number of hydrogen-bond acceptors (Lipinski definition) is 4. The maximum atomic E-state index is 13.4. The standard InChI is InChI=1S/C9H7F2NO3/c1-4(13)8-7(11)6(9(14)15-2)5(10)3-12-8/h3H,1-2H3. The van der Waals surface area contributed by atoms with Gasteiger partial charge in [0.05, 0.1) is 13.3 Å². The molecule has 0 unspecified atom stereocenters. The molecule has 0 radical (unpaired) electrons. The summed E-state index contributed by atoms with van der Waals surface area (Å²) in [5.41, 5.74) is -1.49. The number of nitrogens with zero attached hydrogens (tertiary/aromatic N) is 1. The highest BCUT2D eigenvalue weighted by Gasteiger charge is 2.23. The number of pyridine rings is 1. The fourth-order valence-electron chi connectivity index (χ4n) is 1.00. The topological polar surface area (TPSA) is 56.3 Å². The second-order valence-electron chi connectivity index (χ2n) is 2.69. The molecule has 0 saturated heterocycles. The number of esters is 1. The molecule has 0 N–H and O–H groups in total. The highest BCUT2D eigenvalue weighted by Crippen LogP contribution is 2.15. The van der Waals surface area contributed by atoms with Gasteiger partial charge in [0.2, 0.25) is 0 Å². The minimum atomic E-state index is -1.30. The molecular formula is C9H7F2NO3. The summed E-state index contributed by atoms with van der Waals surface area (Å²) in [4.78, 5) is 25.1. The van der Waals surface area contributed by atoms with Gasteiger partial charge < -0.3 is 4.74 Å². The monoisotopic (exact) mass is 215 g/mol. The predicted octanol–water partition coefficient (Wildman–Crippen LogP) is 1.35. The van der Waals surface area contributed by atoms with Crippen LogP contribution in [0, 0.1) is 11.6 Å². The summed E-state index contributed by atoms with van der Waals surface area (Å²) < 4.78 is 30.6. The quantitative estimate of drug-likeness (QED) is 0.552. The van der Waals surface area contributed by atoms with Gasteiger partial charge in [-0.3, -0.25) is 4.79 Å². The van der Waals surface area contributed by atoms with Crippen LogP contribution in [-0.2, 0) is 4.74 Å². The number of aromatic nitrogens is 1. The van der Waals surface area contributed by atoms with Crippen LogP contribution in [0.5, 0.6) is 0 Å². The number of carbonyl (C=O) groups is 2. The van der Waals surface area contributed by atoms with Gasteiger partial charge in [-0.25, -0.2) is 18.6 Å². The van der Waals surface area contributed by atoms with Gasteiger partial charge in [-0.2, -0.15) is 0 Å². The summed E-state index contributed by atoms with van der Waals surface area (Å²) in [5.74, 6) is -4.34. The molecule has 15 heavy (non-hydrogen) atoms. The van der Waals surface area contributed by atoms with Gasteiger partial charge in [0, 0.05) is 6.92 Å². The number of ketones is 1. The molecule has 80 valence electrons. The molecule has 0 saturated carbocycles. The SMILES string of the molecule is COC(=O)c1c(F)cnc(C(C)=O)c1F. The van der Waals surface area contributed by atoms with Crippen molar-refractivity contribution in [2.45, 2.75) is 6.92 Å². The van der Waals surface area contributed by atoms with Crippen molar-refractivity contribution in [1.82, 2.24) is 4.98 Å². The van der Waals surface area contributed by atoms with Gasteiger partial charge in [-0.15, -0.1) is 0 Å². The van der Waals surface area contributed by atoms with Crippen LogP contribution in [0.15, 0.2) is 6.20 Å². The maximum Gasteiger partial charge on any atom is 0.344 e. The highest BCUT2D eigenvalue weighted by molar-refractivity contribution is 5.96. The van der Waals surface area contributed by atoms with E-state index in [4.69, 9.17) is 0 Å². The lowest BCUT2D eigenvalue weighted by atomic mass is 10.1. The molecule has 0 amide bonds. The number of Topliss-reactive ketones (excluding diaryl/α,β-unsaturated/α-hetero) is 1. The van der Waals surface area contributed by atoms with Crippen LogP contribution >= 0.6 is 0 Å². The van der Waals surface area contributed by atoms with Gasteiger partial charge in [0.1, 0.15) is 11.3 Å². The lowest BCUT2D eigenvalue weighted by molar-refractivity contribution is 0.0589. The van der Waals surface area contributed by atoms with Crippen molar-refractivity contribution in [3.63, 3.8) is 0 Å². The fourth-order valence-corrected chi connectivity index (χ4v) is 1.00. The Kier molecular flexibility index (Phi) is 3.08. The van der Waals surface area contributed by atoms with E-state index in [0.29, 0.717) is 6.20 Å². The van der Waals surface area contributed by atoms with Crippen molar-refractivity contribution in [3.8, 4) is 0 Å². The van der Waals surface area contributed by atoms with Crippen molar-refractivity contribution in [1.29, 1.82) is 0 Å². The first-order valence-electron chi connectivity index (χ1n) is 3.92. The summed E-state index contributed by atoms with van der Waals surface area (Å²) in [5, 5.41) is 0. The minimum Gasteiger partial charge on any atom is -0.465 e. The second-order valence-corrected chi connectivity index (χ2v) is 2.69. The first-order valence-corrected chi connectivity index (χ1v) is 3.92. The zero-order valence-electron chi connectivity index (χ0n) is 8.01. The normalized spacial score (nSPS) is 9.87. The predicted molar refractivity (Wildman–Crippen MR) is 45.5 cm³/mol. The van der Waals surface area contributed by atoms with E-state index < -0.39 is 34.6 Å². The van der Waals surface area contributed by atoms with Crippen LogP contribution in [0.4, 0.5) is 8.78 Å². The highest BCUT2D eigenvalue weighted by atomic mass is 19.1. The van der Waals surface area contributed by atoms with Gasteiger partial charge in [0.25, 0.3) is 0 Å². The Bertz CT molecular complexity index is 432. The van der Waals surface area contributed by atoms with E-state index >= 15 is 0 Å². The molecule has 0 fully saturated rings. The molecule has 0 aromatic carbocycles. The Morgan fingerprint density at radius 3 is 2.47 bits per heavy atom. The van der Waals surface area contributed by atoms with Crippen LogP contribution in [0.3, 0.4) is 0 Å². The molecule has 1 heterocycles. The molecule has 1 aromatic heterocycles. The average Bonchev–Trinajstić information content (AvgIpc) is 2.16. The third-order valence-electron chi connectivity index (χ3n) is 1.70. The molecule has 0 aliphatic heterocycles. The third-order valence-corrected chi connectivity index (χ3v) is 1.70. The van der Waals surface area contributed by atoms with E-state index in [-0.39, 0.29) is 0 Å². The molecular weight excluding hydrogens is 208 g/mol. The van der Waals surface area contributed by atoms with E-state index in [9.17, 15) is 18.4 Å². The molecule has 0 aliphatic rings. The second kappa shape index (κ2) is 4.12. The van der Waals surface area contributed by atoms with Crippen LogP contribution in [0.25, 0.3) is 0 Å². The van der Waals surface area contributed by atoms with Crippen molar-refractivity contribution < 1.29 is 23.1 Å². The van der Waals surface area contributed by atoms with Crippen molar-refractivity contribution >= 4 is 11.8 Å².